The summed E-state index contributed by atoms with van der Waals surface area (Å²) in [6.45, 7) is 0. The summed E-state index contributed by atoms with van der Waals surface area (Å²) in [5.74, 6) is -3.13. The molecule has 2 aromatic carbocycles. The maximum atomic E-state index is 13.4. The van der Waals surface area contributed by atoms with Gasteiger partial charge in [-0.05, 0) is 42.8 Å². The number of carbonyl (C=O) groups is 4. The minimum absolute atomic E-state index is 0.0261. The normalized spacial score (nSPS) is 14.7. The van der Waals surface area contributed by atoms with E-state index in [4.69, 9.17) is 23.2 Å². The molecule has 0 spiro atoms. The highest BCUT2D eigenvalue weighted by Gasteiger charge is 2.43. The lowest BCUT2D eigenvalue weighted by molar-refractivity contribution is -0.154. The molecule has 156 valence electrons. The zero-order valence-electron chi connectivity index (χ0n) is 15.7. The molecule has 30 heavy (non-hydrogen) atoms. The summed E-state index contributed by atoms with van der Waals surface area (Å²) in [5.41, 5.74) is 0.140. The molecule has 9 heteroatoms. The fourth-order valence-electron chi connectivity index (χ4n) is 3.21. The lowest BCUT2D eigenvalue weighted by atomic mass is 10.0. The third-order valence-corrected chi connectivity index (χ3v) is 5.21. The molecule has 1 aliphatic heterocycles. The Labute approximate surface area is 182 Å². The number of hydrogen-bond acceptors (Lipinski definition) is 4. The molecular formula is C21H17Cl2FN2O4. The second kappa shape index (κ2) is 9.36. The van der Waals surface area contributed by atoms with Crippen LogP contribution in [0.2, 0.25) is 5.02 Å². The number of imide groups is 1. The third-order valence-electron chi connectivity index (χ3n) is 4.66. The van der Waals surface area contributed by atoms with Gasteiger partial charge < -0.3 is 0 Å². The van der Waals surface area contributed by atoms with Gasteiger partial charge in [-0.15, -0.1) is 11.6 Å². The molecule has 1 fully saturated rings. The minimum atomic E-state index is -1.26. The SMILES string of the molecule is O=C(c1ccc(F)cc1)[C@@H](CCCl)N(C(=O)c1ccccc1Cl)N1C(=O)CCC1=O. The molecule has 6 nitrogen and oxygen atoms in total. The molecule has 0 aromatic heterocycles. The van der Waals surface area contributed by atoms with Crippen molar-refractivity contribution in [1.82, 2.24) is 10.0 Å². The summed E-state index contributed by atoms with van der Waals surface area (Å²) in [7, 11) is 0. The lowest BCUT2D eigenvalue weighted by Crippen LogP contribution is -2.57. The Bertz CT molecular complexity index is 981. The topological polar surface area (TPSA) is 74.8 Å². The summed E-state index contributed by atoms with van der Waals surface area (Å²) in [6.07, 6.45) is -0.196. The molecule has 1 atom stereocenters. The lowest BCUT2D eigenvalue weighted by Gasteiger charge is -2.36. The summed E-state index contributed by atoms with van der Waals surface area (Å²) in [4.78, 5) is 51.5. The number of ketones is 1. The zero-order chi connectivity index (χ0) is 21.8. The van der Waals surface area contributed by atoms with Crippen LogP contribution in [-0.4, -0.2) is 45.4 Å². The molecule has 0 bridgehead atoms. The first kappa shape index (κ1) is 21.9. The molecule has 3 rings (SSSR count). The van der Waals surface area contributed by atoms with Crippen molar-refractivity contribution in [3.8, 4) is 0 Å². The molecule has 0 unspecified atom stereocenters. The van der Waals surface area contributed by atoms with Crippen LogP contribution in [0.15, 0.2) is 48.5 Å². The molecule has 1 heterocycles. The van der Waals surface area contributed by atoms with Gasteiger partial charge in [-0.25, -0.2) is 9.40 Å². The van der Waals surface area contributed by atoms with Gasteiger partial charge in [0.05, 0.1) is 10.6 Å². The first-order chi connectivity index (χ1) is 14.3. The average Bonchev–Trinajstić information content (AvgIpc) is 3.06. The molecule has 0 aliphatic carbocycles. The standard InChI is InChI=1S/C21H17Cl2FN2O4/c22-12-11-17(20(29)13-5-7-14(24)8-6-13)25(26-18(27)9-10-19(26)28)21(30)15-3-1-2-4-16(15)23/h1-8,17H,9-12H2/t17-/m1/s1. The Morgan fingerprint density at radius 1 is 1.03 bits per heavy atom. The Kier molecular flexibility index (Phi) is 6.84. The van der Waals surface area contributed by atoms with Gasteiger partial charge in [0.25, 0.3) is 5.91 Å². The summed E-state index contributed by atoms with van der Waals surface area (Å²) in [5, 5.41) is 1.64. The number of hydrazine groups is 1. The van der Waals surface area contributed by atoms with Crippen LogP contribution in [0.5, 0.6) is 0 Å². The highest BCUT2D eigenvalue weighted by Crippen LogP contribution is 2.26. The van der Waals surface area contributed by atoms with Gasteiger partial charge in [0, 0.05) is 24.3 Å². The van der Waals surface area contributed by atoms with Crippen LogP contribution in [0, 0.1) is 5.82 Å². The first-order valence-corrected chi connectivity index (χ1v) is 10.1. The number of amides is 3. The van der Waals surface area contributed by atoms with Crippen LogP contribution >= 0.6 is 23.2 Å². The zero-order valence-corrected chi connectivity index (χ0v) is 17.2. The van der Waals surface area contributed by atoms with Crippen LogP contribution < -0.4 is 0 Å². The molecule has 1 aliphatic rings. The average molecular weight is 451 g/mol. The van der Waals surface area contributed by atoms with E-state index >= 15 is 0 Å². The van der Waals surface area contributed by atoms with Gasteiger partial charge >= 0.3 is 0 Å². The monoisotopic (exact) mass is 450 g/mol. The second-order valence-electron chi connectivity index (χ2n) is 6.59. The Balaban J connectivity index is 2.10. The van der Waals surface area contributed by atoms with Crippen molar-refractivity contribution in [1.29, 1.82) is 0 Å². The van der Waals surface area contributed by atoms with E-state index in [1.807, 2.05) is 0 Å². The number of benzene rings is 2. The van der Waals surface area contributed by atoms with Gasteiger partial charge in [0.1, 0.15) is 11.9 Å². The maximum Gasteiger partial charge on any atom is 0.275 e. The summed E-state index contributed by atoms with van der Waals surface area (Å²) >= 11 is 12.0. The fourth-order valence-corrected chi connectivity index (χ4v) is 3.63. The quantitative estimate of drug-likeness (QED) is 0.364. The van der Waals surface area contributed by atoms with Crippen molar-refractivity contribution in [2.45, 2.75) is 25.3 Å². The van der Waals surface area contributed by atoms with E-state index in [9.17, 15) is 23.6 Å². The highest BCUT2D eigenvalue weighted by atomic mass is 35.5. The van der Waals surface area contributed by atoms with Crippen LogP contribution in [0.1, 0.15) is 40.0 Å². The predicted molar refractivity (Wildman–Crippen MR) is 109 cm³/mol. The molecule has 2 aromatic rings. The van der Waals surface area contributed by atoms with E-state index in [0.717, 1.165) is 17.1 Å². The van der Waals surface area contributed by atoms with Crippen molar-refractivity contribution in [2.24, 2.45) is 0 Å². The van der Waals surface area contributed by atoms with Gasteiger partial charge in [-0.2, -0.15) is 5.01 Å². The number of alkyl halides is 1. The van der Waals surface area contributed by atoms with E-state index in [1.54, 1.807) is 12.1 Å². The van der Waals surface area contributed by atoms with Crippen LogP contribution in [0.25, 0.3) is 0 Å². The Morgan fingerprint density at radius 2 is 1.63 bits per heavy atom. The first-order valence-electron chi connectivity index (χ1n) is 9.14. The second-order valence-corrected chi connectivity index (χ2v) is 7.38. The van der Waals surface area contributed by atoms with Gasteiger partial charge in [0.15, 0.2) is 5.78 Å². The molecule has 0 saturated carbocycles. The van der Waals surface area contributed by atoms with E-state index in [0.29, 0.717) is 5.01 Å². The maximum absolute atomic E-state index is 13.4. The van der Waals surface area contributed by atoms with Gasteiger partial charge in [0.2, 0.25) is 11.8 Å². The van der Waals surface area contributed by atoms with E-state index in [1.165, 1.54) is 24.3 Å². The number of Topliss-reactive ketones (excluding diaryl/α,β-unsaturated/α-hetero) is 1. The summed E-state index contributed by atoms with van der Waals surface area (Å²) < 4.78 is 13.3. The molecule has 0 radical (unpaired) electrons. The molecule has 0 N–H and O–H groups in total. The Morgan fingerprint density at radius 3 is 2.20 bits per heavy atom. The number of halogens is 3. The molecule has 1 saturated heterocycles. The van der Waals surface area contributed by atoms with Crippen molar-refractivity contribution in [3.63, 3.8) is 0 Å². The van der Waals surface area contributed by atoms with Crippen molar-refractivity contribution >= 4 is 46.7 Å². The Hall–Kier alpha value is -2.77. The smallest absolute Gasteiger partial charge is 0.275 e. The van der Waals surface area contributed by atoms with Crippen molar-refractivity contribution in [3.05, 3.63) is 70.5 Å². The predicted octanol–water partition coefficient (Wildman–Crippen LogP) is 3.87. The number of hydrogen-bond donors (Lipinski definition) is 0. The largest absolute Gasteiger partial charge is 0.292 e. The van der Waals surface area contributed by atoms with E-state index < -0.39 is 35.4 Å². The van der Waals surface area contributed by atoms with Gasteiger partial charge in [-0.1, -0.05) is 23.7 Å². The molecule has 3 amide bonds. The number of nitrogens with zero attached hydrogens (tertiary/aromatic N) is 2. The summed E-state index contributed by atoms with van der Waals surface area (Å²) in [6, 6.07) is 9.60. The van der Waals surface area contributed by atoms with Crippen molar-refractivity contribution in [2.75, 3.05) is 5.88 Å². The number of rotatable bonds is 7. The van der Waals surface area contributed by atoms with Crippen LogP contribution in [0.3, 0.4) is 0 Å². The van der Waals surface area contributed by atoms with Crippen LogP contribution in [-0.2, 0) is 9.59 Å². The fraction of sp³-hybridized carbons (Fsp3) is 0.238. The third kappa shape index (κ3) is 4.37. The number of carbonyl (C=O) groups excluding carboxylic acids is 4. The highest BCUT2D eigenvalue weighted by molar-refractivity contribution is 6.34. The van der Waals surface area contributed by atoms with Crippen molar-refractivity contribution < 1.29 is 23.6 Å². The van der Waals surface area contributed by atoms with E-state index in [2.05, 4.69) is 0 Å². The molecular weight excluding hydrogens is 434 g/mol. The minimum Gasteiger partial charge on any atom is -0.292 e. The van der Waals surface area contributed by atoms with E-state index in [-0.39, 0.29) is 41.3 Å². The van der Waals surface area contributed by atoms with Gasteiger partial charge in [-0.3, -0.25) is 19.2 Å². The van der Waals surface area contributed by atoms with Crippen LogP contribution in [0.4, 0.5) is 4.39 Å².